The average Bonchev–Trinajstić information content (AvgIpc) is 2.52. The van der Waals surface area contributed by atoms with Crippen LogP contribution in [-0.4, -0.2) is 27.2 Å². The fourth-order valence-electron chi connectivity index (χ4n) is 1.89. The van der Waals surface area contributed by atoms with E-state index in [1.807, 2.05) is 13.0 Å². The summed E-state index contributed by atoms with van der Waals surface area (Å²) in [5.41, 5.74) is 3.47. The molecule has 2 rings (SSSR count). The summed E-state index contributed by atoms with van der Waals surface area (Å²) >= 11 is 0. The lowest BCUT2D eigenvalue weighted by molar-refractivity contribution is 1.05. The topological polar surface area (TPSA) is 74.6 Å². The van der Waals surface area contributed by atoms with Gasteiger partial charge in [-0.15, -0.1) is 6.58 Å². The first-order valence-electron chi connectivity index (χ1n) is 6.91. The second-order valence-corrected chi connectivity index (χ2v) is 4.96. The molecule has 2 aromatic heterocycles. The molecule has 5 heteroatoms. The molecule has 2 aromatic rings. The quantitative estimate of drug-likeness (QED) is 0.632. The minimum absolute atomic E-state index is 0.356. The lowest BCUT2D eigenvalue weighted by atomic mass is 10.0. The van der Waals surface area contributed by atoms with Gasteiger partial charge in [0.05, 0.1) is 5.71 Å². The van der Waals surface area contributed by atoms with Crippen LogP contribution in [0.25, 0.3) is 11.1 Å². The first-order chi connectivity index (χ1) is 10.5. The third-order valence-electron chi connectivity index (χ3n) is 3.11. The van der Waals surface area contributed by atoms with Crippen molar-refractivity contribution in [3.63, 3.8) is 0 Å². The van der Waals surface area contributed by atoms with Gasteiger partial charge in [0, 0.05) is 41.8 Å². The van der Waals surface area contributed by atoms with Gasteiger partial charge >= 0.3 is 0 Å². The van der Waals surface area contributed by atoms with E-state index in [-0.39, 0.29) is 0 Å². The van der Waals surface area contributed by atoms with Crippen molar-refractivity contribution in [3.05, 3.63) is 60.9 Å². The summed E-state index contributed by atoms with van der Waals surface area (Å²) in [4.78, 5) is 12.8. The lowest BCUT2D eigenvalue weighted by Crippen LogP contribution is -2.09. The molecule has 0 aliphatic carbocycles. The molecule has 2 N–H and O–H groups in total. The van der Waals surface area contributed by atoms with Crippen LogP contribution in [0.15, 0.2) is 49.5 Å². The first kappa shape index (κ1) is 15.6. The number of allylic oxidation sites excluding steroid dienone is 1. The maximum Gasteiger partial charge on any atom is 0.135 e. The third-order valence-corrected chi connectivity index (χ3v) is 3.11. The van der Waals surface area contributed by atoms with Gasteiger partial charge in [0.15, 0.2) is 0 Å². The van der Waals surface area contributed by atoms with Crippen molar-refractivity contribution in [2.75, 3.05) is 11.9 Å². The Morgan fingerprint density at radius 3 is 2.45 bits per heavy atom. The summed E-state index contributed by atoms with van der Waals surface area (Å²) in [6.07, 6.45) is 7.00. The number of hydrogen-bond acceptors (Lipinski definition) is 5. The SMILES string of the molecule is C=CCNc1ncc(-c2cnc(C)nc2)cc1C(=N)C(=C)C. The van der Waals surface area contributed by atoms with E-state index in [2.05, 4.69) is 33.4 Å². The minimum Gasteiger partial charge on any atom is -0.366 e. The highest BCUT2D eigenvalue weighted by Crippen LogP contribution is 2.24. The molecule has 0 aromatic carbocycles. The molecule has 0 aliphatic rings. The van der Waals surface area contributed by atoms with Crippen molar-refractivity contribution in [2.24, 2.45) is 0 Å². The van der Waals surface area contributed by atoms with Crippen LogP contribution in [0.3, 0.4) is 0 Å². The summed E-state index contributed by atoms with van der Waals surface area (Å²) in [5, 5.41) is 11.4. The molecule has 0 saturated carbocycles. The summed E-state index contributed by atoms with van der Waals surface area (Å²) in [6, 6.07) is 1.91. The fraction of sp³-hybridized carbons (Fsp3) is 0.176. The van der Waals surface area contributed by atoms with E-state index in [0.717, 1.165) is 17.0 Å². The molecular weight excluding hydrogens is 274 g/mol. The zero-order valence-electron chi connectivity index (χ0n) is 12.8. The van der Waals surface area contributed by atoms with Crippen molar-refractivity contribution < 1.29 is 0 Å². The summed E-state index contributed by atoms with van der Waals surface area (Å²) in [7, 11) is 0. The Morgan fingerprint density at radius 1 is 1.23 bits per heavy atom. The van der Waals surface area contributed by atoms with Crippen LogP contribution >= 0.6 is 0 Å². The van der Waals surface area contributed by atoms with Crippen LogP contribution in [0.2, 0.25) is 0 Å². The number of nitrogens with zero attached hydrogens (tertiary/aromatic N) is 3. The van der Waals surface area contributed by atoms with Crippen molar-refractivity contribution >= 4 is 11.5 Å². The molecule has 5 nitrogen and oxygen atoms in total. The fourth-order valence-corrected chi connectivity index (χ4v) is 1.89. The molecule has 0 amide bonds. The van der Waals surface area contributed by atoms with Crippen molar-refractivity contribution in [1.82, 2.24) is 15.0 Å². The second kappa shape index (κ2) is 6.76. The van der Waals surface area contributed by atoms with E-state index < -0.39 is 0 Å². The van der Waals surface area contributed by atoms with E-state index in [1.54, 1.807) is 31.6 Å². The number of aromatic nitrogens is 3. The van der Waals surface area contributed by atoms with Crippen LogP contribution in [0.5, 0.6) is 0 Å². The predicted octanol–water partition coefficient (Wildman–Crippen LogP) is 3.39. The van der Waals surface area contributed by atoms with Crippen LogP contribution < -0.4 is 5.32 Å². The number of nitrogens with one attached hydrogen (secondary N) is 2. The average molecular weight is 293 g/mol. The van der Waals surface area contributed by atoms with Gasteiger partial charge in [-0.1, -0.05) is 12.7 Å². The normalized spacial score (nSPS) is 10.1. The smallest absolute Gasteiger partial charge is 0.135 e. The Labute approximate surface area is 130 Å². The standard InChI is InChI=1S/C17H19N5/c1-5-6-19-17-15(16(18)11(2)3)7-13(8-22-17)14-9-20-12(4)21-10-14/h5,7-10,18H,1-2,6H2,3-4H3,(H,19,22). The summed E-state index contributed by atoms with van der Waals surface area (Å²) < 4.78 is 0. The molecule has 0 bridgehead atoms. The van der Waals surface area contributed by atoms with Gasteiger partial charge in [0.1, 0.15) is 11.6 Å². The number of aryl methyl sites for hydroxylation is 1. The zero-order valence-corrected chi connectivity index (χ0v) is 12.8. The van der Waals surface area contributed by atoms with Gasteiger partial charge in [-0.2, -0.15) is 0 Å². The first-order valence-corrected chi connectivity index (χ1v) is 6.91. The lowest BCUT2D eigenvalue weighted by Gasteiger charge is -2.13. The van der Waals surface area contributed by atoms with Crippen LogP contribution in [-0.2, 0) is 0 Å². The molecule has 0 fully saturated rings. The van der Waals surface area contributed by atoms with Gasteiger partial charge < -0.3 is 5.32 Å². The zero-order chi connectivity index (χ0) is 16.1. The molecule has 0 saturated heterocycles. The highest BCUT2D eigenvalue weighted by atomic mass is 15.0. The number of rotatable bonds is 6. The maximum atomic E-state index is 8.22. The van der Waals surface area contributed by atoms with Crippen molar-refractivity contribution in [2.45, 2.75) is 13.8 Å². The molecule has 0 aliphatic heterocycles. The Bertz CT molecular complexity index is 716. The third kappa shape index (κ3) is 3.44. The maximum absolute atomic E-state index is 8.22. The van der Waals surface area contributed by atoms with E-state index in [0.29, 0.717) is 29.2 Å². The Hall–Kier alpha value is -2.82. The molecule has 0 unspecified atom stereocenters. The van der Waals surface area contributed by atoms with Crippen molar-refractivity contribution in [3.8, 4) is 11.1 Å². The van der Waals surface area contributed by atoms with Crippen LogP contribution in [0, 0.1) is 12.3 Å². The molecule has 2 heterocycles. The summed E-state index contributed by atoms with van der Waals surface area (Å²) in [5.74, 6) is 1.36. The van der Waals surface area contributed by atoms with E-state index in [1.165, 1.54) is 0 Å². The highest BCUT2D eigenvalue weighted by Gasteiger charge is 2.12. The van der Waals surface area contributed by atoms with Gasteiger partial charge in [-0.05, 0) is 25.5 Å². The van der Waals surface area contributed by atoms with E-state index in [4.69, 9.17) is 5.41 Å². The molecule has 22 heavy (non-hydrogen) atoms. The monoisotopic (exact) mass is 293 g/mol. The van der Waals surface area contributed by atoms with Gasteiger partial charge in [-0.25, -0.2) is 15.0 Å². The van der Waals surface area contributed by atoms with E-state index in [9.17, 15) is 0 Å². The molecular formula is C17H19N5. The second-order valence-electron chi connectivity index (χ2n) is 4.96. The largest absolute Gasteiger partial charge is 0.366 e. The van der Waals surface area contributed by atoms with Crippen LogP contribution in [0.1, 0.15) is 18.3 Å². The molecule has 0 spiro atoms. The Balaban J connectivity index is 2.48. The minimum atomic E-state index is 0.356. The highest BCUT2D eigenvalue weighted by molar-refractivity contribution is 6.13. The molecule has 112 valence electrons. The van der Waals surface area contributed by atoms with Gasteiger partial charge in [0.25, 0.3) is 0 Å². The summed E-state index contributed by atoms with van der Waals surface area (Å²) in [6.45, 7) is 11.7. The number of hydrogen-bond donors (Lipinski definition) is 2. The van der Waals surface area contributed by atoms with Gasteiger partial charge in [0.2, 0.25) is 0 Å². The molecule has 0 radical (unpaired) electrons. The molecule has 0 atom stereocenters. The van der Waals surface area contributed by atoms with Crippen LogP contribution in [0.4, 0.5) is 5.82 Å². The van der Waals surface area contributed by atoms with Crippen molar-refractivity contribution in [1.29, 1.82) is 5.41 Å². The number of pyridine rings is 1. The van der Waals surface area contributed by atoms with Gasteiger partial charge in [-0.3, -0.25) is 5.41 Å². The Morgan fingerprint density at radius 2 is 1.86 bits per heavy atom. The predicted molar refractivity (Wildman–Crippen MR) is 90.3 cm³/mol. The van der Waals surface area contributed by atoms with E-state index >= 15 is 0 Å². The number of anilines is 1. The Kier molecular flexibility index (Phi) is 4.78.